The molecule has 0 N–H and O–H groups in total. The zero-order valence-corrected chi connectivity index (χ0v) is 17.8. The Balaban J connectivity index is 2.20. The Morgan fingerprint density at radius 3 is 2.11 bits per heavy atom. The van der Waals surface area contributed by atoms with E-state index in [2.05, 4.69) is 45.1 Å². The standard InChI is InChI=1S/C25H30O3/c1-7-27-25(26)22-14-19(5)24(20(6)15-22)16-18(4)21-8-10-23(11-9-21)28-13-12-17(2)3/h8-12,14-16H,7,13H2,1-6H3. The van der Waals surface area contributed by atoms with Crippen LogP contribution in [0.5, 0.6) is 5.75 Å². The molecule has 0 radical (unpaired) electrons. The molecule has 0 amide bonds. The van der Waals surface area contributed by atoms with Crippen molar-refractivity contribution in [3.8, 4) is 5.75 Å². The number of aryl methyl sites for hydroxylation is 2. The molecule has 0 atom stereocenters. The molecule has 0 aliphatic heterocycles. The van der Waals surface area contributed by atoms with Gasteiger partial charge in [-0.15, -0.1) is 0 Å². The Morgan fingerprint density at radius 2 is 1.57 bits per heavy atom. The largest absolute Gasteiger partial charge is 0.490 e. The van der Waals surface area contributed by atoms with Crippen LogP contribution < -0.4 is 4.74 Å². The molecule has 3 nitrogen and oxygen atoms in total. The maximum atomic E-state index is 12.0. The Bertz CT molecular complexity index is 860. The summed E-state index contributed by atoms with van der Waals surface area (Å²) in [6, 6.07) is 11.9. The normalized spacial score (nSPS) is 11.1. The van der Waals surface area contributed by atoms with Crippen LogP contribution in [0.15, 0.2) is 48.0 Å². The van der Waals surface area contributed by atoms with Crippen molar-refractivity contribution in [2.45, 2.75) is 41.5 Å². The minimum atomic E-state index is -0.273. The van der Waals surface area contributed by atoms with Gasteiger partial charge in [-0.05, 0) is 99.7 Å². The van der Waals surface area contributed by atoms with Gasteiger partial charge >= 0.3 is 5.97 Å². The van der Waals surface area contributed by atoms with Gasteiger partial charge in [0, 0.05) is 0 Å². The molecule has 0 heterocycles. The summed E-state index contributed by atoms with van der Waals surface area (Å²) in [5.74, 6) is 0.588. The fraction of sp³-hybridized carbons (Fsp3) is 0.320. The van der Waals surface area contributed by atoms with E-state index in [1.807, 2.05) is 45.0 Å². The van der Waals surface area contributed by atoms with Crippen LogP contribution in [0.1, 0.15) is 60.3 Å². The highest BCUT2D eigenvalue weighted by molar-refractivity contribution is 5.91. The third-order valence-electron chi connectivity index (χ3n) is 4.52. The van der Waals surface area contributed by atoms with Crippen molar-refractivity contribution in [2.75, 3.05) is 13.2 Å². The van der Waals surface area contributed by atoms with Gasteiger partial charge in [-0.2, -0.15) is 0 Å². The second-order valence-electron chi connectivity index (χ2n) is 7.19. The van der Waals surface area contributed by atoms with E-state index in [0.717, 1.165) is 33.6 Å². The lowest BCUT2D eigenvalue weighted by molar-refractivity contribution is 0.0526. The topological polar surface area (TPSA) is 35.5 Å². The van der Waals surface area contributed by atoms with Crippen LogP contribution >= 0.6 is 0 Å². The molecule has 2 aromatic rings. The van der Waals surface area contributed by atoms with E-state index in [4.69, 9.17) is 9.47 Å². The average Bonchev–Trinajstić information content (AvgIpc) is 2.64. The van der Waals surface area contributed by atoms with Gasteiger partial charge in [0.15, 0.2) is 0 Å². The monoisotopic (exact) mass is 378 g/mol. The molecule has 0 aliphatic carbocycles. The molecule has 0 aromatic heterocycles. The molecule has 0 bridgehead atoms. The van der Waals surface area contributed by atoms with E-state index in [1.165, 1.54) is 5.57 Å². The lowest BCUT2D eigenvalue weighted by Gasteiger charge is -2.11. The molecule has 28 heavy (non-hydrogen) atoms. The summed E-state index contributed by atoms with van der Waals surface area (Å²) in [6.45, 7) is 13.0. The van der Waals surface area contributed by atoms with Crippen molar-refractivity contribution in [3.63, 3.8) is 0 Å². The third kappa shape index (κ3) is 5.85. The first-order chi connectivity index (χ1) is 13.3. The summed E-state index contributed by atoms with van der Waals surface area (Å²) in [5, 5.41) is 0. The second-order valence-corrected chi connectivity index (χ2v) is 7.19. The Hall–Kier alpha value is -2.81. The van der Waals surface area contributed by atoms with Gasteiger partial charge in [0.2, 0.25) is 0 Å². The number of carbonyl (C=O) groups excluding carboxylic acids is 1. The molecule has 2 aromatic carbocycles. The molecule has 0 aliphatic rings. The molecule has 0 unspecified atom stereocenters. The number of benzene rings is 2. The number of rotatable bonds is 7. The van der Waals surface area contributed by atoms with Crippen LogP contribution in [0.2, 0.25) is 0 Å². The average molecular weight is 379 g/mol. The Morgan fingerprint density at radius 1 is 0.964 bits per heavy atom. The first-order valence-corrected chi connectivity index (χ1v) is 9.65. The highest BCUT2D eigenvalue weighted by Gasteiger charge is 2.11. The van der Waals surface area contributed by atoms with Crippen molar-refractivity contribution in [2.24, 2.45) is 0 Å². The Labute approximate surface area is 168 Å². The summed E-state index contributed by atoms with van der Waals surface area (Å²) >= 11 is 0. The predicted molar refractivity (Wildman–Crippen MR) is 117 cm³/mol. The van der Waals surface area contributed by atoms with Gasteiger partial charge in [0.05, 0.1) is 12.2 Å². The minimum Gasteiger partial charge on any atom is -0.490 e. The van der Waals surface area contributed by atoms with Crippen LogP contribution in [-0.4, -0.2) is 19.2 Å². The summed E-state index contributed by atoms with van der Waals surface area (Å²) < 4.78 is 10.8. The lowest BCUT2D eigenvalue weighted by Crippen LogP contribution is -2.06. The van der Waals surface area contributed by atoms with Crippen molar-refractivity contribution in [1.29, 1.82) is 0 Å². The second kappa shape index (κ2) is 9.93. The molecule has 148 valence electrons. The molecule has 3 heteroatoms. The van der Waals surface area contributed by atoms with Crippen LogP contribution in [0.25, 0.3) is 11.6 Å². The summed E-state index contributed by atoms with van der Waals surface area (Å²) in [4.78, 5) is 12.0. The van der Waals surface area contributed by atoms with E-state index in [1.54, 1.807) is 0 Å². The molecule has 2 rings (SSSR count). The van der Waals surface area contributed by atoms with Gasteiger partial charge in [-0.3, -0.25) is 0 Å². The van der Waals surface area contributed by atoms with Crippen LogP contribution in [0, 0.1) is 13.8 Å². The molecule has 0 saturated heterocycles. The van der Waals surface area contributed by atoms with E-state index in [-0.39, 0.29) is 5.97 Å². The van der Waals surface area contributed by atoms with Gasteiger partial charge < -0.3 is 9.47 Å². The lowest BCUT2D eigenvalue weighted by atomic mass is 9.96. The fourth-order valence-electron chi connectivity index (χ4n) is 2.95. The van der Waals surface area contributed by atoms with Gasteiger partial charge in [0.1, 0.15) is 12.4 Å². The van der Waals surface area contributed by atoms with E-state index >= 15 is 0 Å². The SMILES string of the molecule is CCOC(=O)c1cc(C)c(C=C(C)c2ccc(OCC=C(C)C)cc2)c(C)c1. The van der Waals surface area contributed by atoms with Crippen molar-refractivity contribution in [3.05, 3.63) is 75.9 Å². The van der Waals surface area contributed by atoms with E-state index in [0.29, 0.717) is 18.8 Å². The Kier molecular flexibility index (Phi) is 7.62. The molecular formula is C25H30O3. The smallest absolute Gasteiger partial charge is 0.338 e. The van der Waals surface area contributed by atoms with Gasteiger partial charge in [-0.1, -0.05) is 23.8 Å². The number of esters is 1. The minimum absolute atomic E-state index is 0.273. The fourth-order valence-corrected chi connectivity index (χ4v) is 2.95. The maximum absolute atomic E-state index is 12.0. The maximum Gasteiger partial charge on any atom is 0.338 e. The van der Waals surface area contributed by atoms with Crippen LogP contribution in [0.4, 0.5) is 0 Å². The van der Waals surface area contributed by atoms with Crippen LogP contribution in [0.3, 0.4) is 0 Å². The number of hydrogen-bond acceptors (Lipinski definition) is 3. The zero-order valence-electron chi connectivity index (χ0n) is 17.8. The molecule has 0 spiro atoms. The highest BCUT2D eigenvalue weighted by atomic mass is 16.5. The summed E-state index contributed by atoms with van der Waals surface area (Å²) in [7, 11) is 0. The quantitative estimate of drug-likeness (QED) is 0.318. The van der Waals surface area contributed by atoms with Crippen molar-refractivity contribution >= 4 is 17.6 Å². The first-order valence-electron chi connectivity index (χ1n) is 9.65. The number of allylic oxidation sites excluding steroid dienone is 2. The number of carbonyl (C=O) groups is 1. The highest BCUT2D eigenvalue weighted by Crippen LogP contribution is 2.25. The van der Waals surface area contributed by atoms with Crippen molar-refractivity contribution < 1.29 is 14.3 Å². The molecular weight excluding hydrogens is 348 g/mol. The van der Waals surface area contributed by atoms with Crippen LogP contribution in [-0.2, 0) is 4.74 Å². The zero-order chi connectivity index (χ0) is 20.7. The first kappa shape index (κ1) is 21.5. The summed E-state index contributed by atoms with van der Waals surface area (Å²) in [5.41, 5.74) is 7.40. The van der Waals surface area contributed by atoms with Crippen molar-refractivity contribution in [1.82, 2.24) is 0 Å². The molecule has 0 fully saturated rings. The number of hydrogen-bond donors (Lipinski definition) is 0. The van der Waals surface area contributed by atoms with Gasteiger partial charge in [0.25, 0.3) is 0 Å². The number of ether oxygens (including phenoxy) is 2. The van der Waals surface area contributed by atoms with Gasteiger partial charge in [-0.25, -0.2) is 4.79 Å². The third-order valence-corrected chi connectivity index (χ3v) is 4.52. The predicted octanol–water partition coefficient (Wildman–Crippen LogP) is 6.39. The van der Waals surface area contributed by atoms with E-state index < -0.39 is 0 Å². The summed E-state index contributed by atoms with van der Waals surface area (Å²) in [6.07, 6.45) is 4.23. The van der Waals surface area contributed by atoms with E-state index in [9.17, 15) is 4.79 Å². The molecule has 0 saturated carbocycles.